The predicted octanol–water partition coefficient (Wildman–Crippen LogP) is 3.34. The Labute approximate surface area is 160 Å². The summed E-state index contributed by atoms with van der Waals surface area (Å²) in [6.45, 7) is -0.123. The highest BCUT2D eigenvalue weighted by Gasteiger charge is 2.30. The molecule has 3 N–H and O–H groups in total. The molecular formula is C16H14BrF3N4O3. The molecule has 2 amide bonds. The number of carbonyl (C=O) groups is 2. The molecule has 144 valence electrons. The third-order valence-electron chi connectivity index (χ3n) is 3.51. The molecule has 0 unspecified atom stereocenters. The lowest BCUT2D eigenvalue weighted by Crippen LogP contribution is -2.31. The van der Waals surface area contributed by atoms with Crippen LogP contribution in [0.4, 0.5) is 18.0 Å². The molecule has 0 atom stereocenters. The molecule has 0 aliphatic heterocycles. The lowest BCUT2D eigenvalue weighted by molar-refractivity contribution is -0.137. The van der Waals surface area contributed by atoms with Crippen LogP contribution in [-0.2, 0) is 19.8 Å². The number of hydrogen-bond acceptors (Lipinski definition) is 3. The SMILES string of the molecule is Cn1c(C(=O)O)cc(Br)c1C=NNC(=O)NCc1cccc(C(F)(F)F)c1. The van der Waals surface area contributed by atoms with Gasteiger partial charge >= 0.3 is 18.2 Å². The van der Waals surface area contributed by atoms with E-state index < -0.39 is 23.7 Å². The zero-order valence-electron chi connectivity index (χ0n) is 13.8. The van der Waals surface area contributed by atoms with Crippen LogP contribution in [0.15, 0.2) is 39.9 Å². The highest BCUT2D eigenvalue weighted by atomic mass is 79.9. The van der Waals surface area contributed by atoms with E-state index in [2.05, 4.69) is 31.8 Å². The van der Waals surface area contributed by atoms with Gasteiger partial charge in [-0.05, 0) is 39.7 Å². The van der Waals surface area contributed by atoms with Gasteiger partial charge in [-0.3, -0.25) is 0 Å². The first kappa shape index (κ1) is 20.5. The number of amides is 2. The normalized spacial score (nSPS) is 11.6. The Kier molecular flexibility index (Phi) is 6.26. The van der Waals surface area contributed by atoms with E-state index in [0.29, 0.717) is 10.2 Å². The van der Waals surface area contributed by atoms with E-state index >= 15 is 0 Å². The summed E-state index contributed by atoms with van der Waals surface area (Å²) in [5, 5.41) is 15.1. The molecule has 0 aliphatic rings. The molecule has 11 heteroatoms. The Bertz CT molecular complexity index is 894. The highest BCUT2D eigenvalue weighted by molar-refractivity contribution is 9.10. The molecule has 1 aromatic carbocycles. The summed E-state index contributed by atoms with van der Waals surface area (Å²) in [4.78, 5) is 22.7. The van der Waals surface area contributed by atoms with Crippen molar-refractivity contribution in [2.75, 3.05) is 0 Å². The maximum absolute atomic E-state index is 12.6. The molecule has 7 nitrogen and oxygen atoms in total. The quantitative estimate of drug-likeness (QED) is 0.485. The first-order valence-electron chi connectivity index (χ1n) is 7.41. The van der Waals surface area contributed by atoms with E-state index in [0.717, 1.165) is 12.1 Å². The average molecular weight is 447 g/mol. The predicted molar refractivity (Wildman–Crippen MR) is 94.5 cm³/mol. The van der Waals surface area contributed by atoms with Crippen LogP contribution >= 0.6 is 15.9 Å². The van der Waals surface area contributed by atoms with E-state index in [9.17, 15) is 22.8 Å². The molecule has 0 bridgehead atoms. The number of rotatable bonds is 5. The van der Waals surface area contributed by atoms with Crippen molar-refractivity contribution in [3.8, 4) is 0 Å². The molecule has 2 aromatic rings. The number of alkyl halides is 3. The lowest BCUT2D eigenvalue weighted by Gasteiger charge is -2.09. The van der Waals surface area contributed by atoms with Crippen molar-refractivity contribution in [1.29, 1.82) is 0 Å². The summed E-state index contributed by atoms with van der Waals surface area (Å²) in [5.41, 5.74) is 2.06. The molecule has 0 spiro atoms. The van der Waals surface area contributed by atoms with Gasteiger partial charge in [0.2, 0.25) is 0 Å². The summed E-state index contributed by atoms with van der Waals surface area (Å²) < 4.78 is 39.8. The molecule has 0 radical (unpaired) electrons. The first-order chi connectivity index (χ1) is 12.6. The number of benzene rings is 1. The molecule has 0 aliphatic carbocycles. The number of hydrogen-bond donors (Lipinski definition) is 3. The monoisotopic (exact) mass is 446 g/mol. The summed E-state index contributed by atoms with van der Waals surface area (Å²) in [7, 11) is 1.52. The van der Waals surface area contributed by atoms with E-state index in [1.165, 1.54) is 36.0 Å². The van der Waals surface area contributed by atoms with Gasteiger partial charge in [0.1, 0.15) is 5.69 Å². The molecule has 1 aromatic heterocycles. The standard InChI is InChI=1S/C16H14BrF3N4O3/c1-24-12(14(25)26)6-11(17)13(24)8-22-23-15(27)21-7-9-3-2-4-10(5-9)16(18,19)20/h2-6,8H,7H2,1H3,(H,25,26)(H2,21,23,27). The number of nitrogens with one attached hydrogen (secondary N) is 2. The number of aromatic carboxylic acids is 1. The number of halogens is 4. The Balaban J connectivity index is 1.94. The van der Waals surface area contributed by atoms with Crippen molar-refractivity contribution in [2.45, 2.75) is 12.7 Å². The van der Waals surface area contributed by atoms with Crippen molar-refractivity contribution in [3.05, 3.63) is 57.3 Å². The summed E-state index contributed by atoms with van der Waals surface area (Å²) in [6.07, 6.45) is -3.22. The van der Waals surface area contributed by atoms with Gasteiger partial charge in [0.15, 0.2) is 0 Å². The number of carboxylic acid groups (broad SMARTS) is 1. The molecule has 1 heterocycles. The Morgan fingerprint density at radius 3 is 2.63 bits per heavy atom. The second kappa shape index (κ2) is 8.25. The Hall–Kier alpha value is -2.82. The van der Waals surface area contributed by atoms with Gasteiger partial charge in [0.25, 0.3) is 0 Å². The van der Waals surface area contributed by atoms with Crippen LogP contribution in [0.1, 0.15) is 27.3 Å². The van der Waals surface area contributed by atoms with Crippen molar-refractivity contribution >= 4 is 34.1 Å². The van der Waals surface area contributed by atoms with Gasteiger partial charge in [0, 0.05) is 18.1 Å². The van der Waals surface area contributed by atoms with Crippen LogP contribution in [0.3, 0.4) is 0 Å². The minimum absolute atomic E-state index is 0.0253. The van der Waals surface area contributed by atoms with Crippen LogP contribution in [0, 0.1) is 0 Å². The third-order valence-corrected chi connectivity index (χ3v) is 4.15. The fourth-order valence-electron chi connectivity index (χ4n) is 2.17. The van der Waals surface area contributed by atoms with Crippen molar-refractivity contribution in [3.63, 3.8) is 0 Å². The van der Waals surface area contributed by atoms with Crippen molar-refractivity contribution in [1.82, 2.24) is 15.3 Å². The fourth-order valence-corrected chi connectivity index (χ4v) is 2.75. The molecule has 0 fully saturated rings. The van der Waals surface area contributed by atoms with Crippen LogP contribution in [0.2, 0.25) is 0 Å². The Morgan fingerprint density at radius 1 is 1.33 bits per heavy atom. The summed E-state index contributed by atoms with van der Waals surface area (Å²) in [6, 6.07) is 5.25. The number of urea groups is 1. The zero-order chi connectivity index (χ0) is 20.2. The molecular weight excluding hydrogens is 433 g/mol. The topological polar surface area (TPSA) is 95.7 Å². The van der Waals surface area contributed by atoms with E-state index in [1.807, 2.05) is 0 Å². The smallest absolute Gasteiger partial charge is 0.416 e. The van der Waals surface area contributed by atoms with Crippen LogP contribution in [0.25, 0.3) is 0 Å². The average Bonchev–Trinajstić information content (AvgIpc) is 2.88. The number of carbonyl (C=O) groups excluding carboxylic acids is 1. The van der Waals surface area contributed by atoms with Crippen LogP contribution in [0.5, 0.6) is 0 Å². The third kappa shape index (κ3) is 5.33. The maximum Gasteiger partial charge on any atom is 0.416 e. The number of nitrogens with zero attached hydrogens (tertiary/aromatic N) is 2. The zero-order valence-corrected chi connectivity index (χ0v) is 15.4. The second-order valence-corrected chi connectivity index (χ2v) is 6.23. The summed E-state index contributed by atoms with van der Waals surface area (Å²) >= 11 is 3.19. The molecule has 0 saturated heterocycles. The van der Waals surface area contributed by atoms with Crippen LogP contribution in [-0.4, -0.2) is 27.9 Å². The van der Waals surface area contributed by atoms with Gasteiger partial charge in [-0.25, -0.2) is 15.0 Å². The van der Waals surface area contributed by atoms with Crippen molar-refractivity contribution in [2.24, 2.45) is 12.1 Å². The largest absolute Gasteiger partial charge is 0.477 e. The molecule has 27 heavy (non-hydrogen) atoms. The van der Waals surface area contributed by atoms with Gasteiger partial charge in [-0.15, -0.1) is 0 Å². The van der Waals surface area contributed by atoms with E-state index in [1.54, 1.807) is 0 Å². The molecule has 0 saturated carbocycles. The van der Waals surface area contributed by atoms with Crippen molar-refractivity contribution < 1.29 is 27.9 Å². The van der Waals surface area contributed by atoms with Gasteiger partial charge in [-0.1, -0.05) is 12.1 Å². The Morgan fingerprint density at radius 2 is 2.04 bits per heavy atom. The molecule has 2 rings (SSSR count). The van der Waals surface area contributed by atoms with E-state index in [-0.39, 0.29) is 17.8 Å². The first-order valence-corrected chi connectivity index (χ1v) is 8.20. The van der Waals surface area contributed by atoms with Gasteiger partial charge in [-0.2, -0.15) is 18.3 Å². The fraction of sp³-hybridized carbons (Fsp3) is 0.188. The summed E-state index contributed by atoms with van der Waals surface area (Å²) in [5.74, 6) is -1.12. The minimum atomic E-state index is -4.46. The number of carboxylic acids is 1. The maximum atomic E-state index is 12.6. The van der Waals surface area contributed by atoms with Crippen LogP contribution < -0.4 is 10.7 Å². The second-order valence-electron chi connectivity index (χ2n) is 5.38. The lowest BCUT2D eigenvalue weighted by atomic mass is 10.1. The van der Waals surface area contributed by atoms with E-state index in [4.69, 9.17) is 5.11 Å². The minimum Gasteiger partial charge on any atom is -0.477 e. The van der Waals surface area contributed by atoms with Gasteiger partial charge < -0.3 is 15.0 Å². The van der Waals surface area contributed by atoms with Gasteiger partial charge in [0.05, 0.1) is 17.5 Å². The highest BCUT2D eigenvalue weighted by Crippen LogP contribution is 2.29. The number of hydrazone groups is 1. The number of aromatic nitrogens is 1.